The van der Waals surface area contributed by atoms with Crippen molar-refractivity contribution in [3.05, 3.63) is 52.8 Å². The normalized spacial score (nSPS) is 11.7. The highest BCUT2D eigenvalue weighted by Gasteiger charge is 2.11. The third-order valence-electron chi connectivity index (χ3n) is 3.52. The molecule has 4 aromatic rings. The van der Waals surface area contributed by atoms with E-state index >= 15 is 0 Å². The van der Waals surface area contributed by atoms with E-state index in [4.69, 9.17) is 12.2 Å². The van der Waals surface area contributed by atoms with Crippen molar-refractivity contribution in [2.75, 3.05) is 0 Å². The maximum absolute atomic E-state index is 13.5. The lowest BCUT2D eigenvalue weighted by atomic mass is 10.00. The van der Waals surface area contributed by atoms with Crippen molar-refractivity contribution in [1.82, 2.24) is 9.97 Å². The summed E-state index contributed by atoms with van der Waals surface area (Å²) in [6.45, 7) is 0. The predicted molar refractivity (Wildman–Crippen MR) is 78.4 cm³/mol. The number of hydrogen-bond acceptors (Lipinski definition) is 1. The van der Waals surface area contributed by atoms with Crippen molar-refractivity contribution in [3.8, 4) is 0 Å². The van der Waals surface area contributed by atoms with Gasteiger partial charge in [0, 0.05) is 10.8 Å². The van der Waals surface area contributed by atoms with Gasteiger partial charge in [-0.3, -0.25) is 0 Å². The summed E-state index contributed by atoms with van der Waals surface area (Å²) in [5.41, 5.74) is 1.62. The van der Waals surface area contributed by atoms with Gasteiger partial charge in [0.1, 0.15) is 11.6 Å². The van der Waals surface area contributed by atoms with E-state index in [0.717, 1.165) is 21.8 Å². The quantitative estimate of drug-likeness (QED) is 0.353. The molecule has 98 valence electrons. The summed E-state index contributed by atoms with van der Waals surface area (Å²) in [6, 6.07) is 8.96. The Hall–Kier alpha value is -2.27. The van der Waals surface area contributed by atoms with Crippen LogP contribution in [0.5, 0.6) is 0 Å². The second kappa shape index (κ2) is 3.86. The summed E-state index contributed by atoms with van der Waals surface area (Å²) in [6.07, 6.45) is 0. The Kier molecular flexibility index (Phi) is 2.23. The topological polar surface area (TPSA) is 31.6 Å². The first-order chi connectivity index (χ1) is 9.63. The van der Waals surface area contributed by atoms with Gasteiger partial charge < -0.3 is 9.97 Å². The SMILES string of the molecule is Fc1ccc2c(c1)c1cc(F)ccc1c1[nH]c(=S)[nH]c21. The molecule has 5 heteroatoms. The average molecular weight is 286 g/mol. The smallest absolute Gasteiger partial charge is 0.175 e. The van der Waals surface area contributed by atoms with E-state index in [1.807, 2.05) is 0 Å². The first-order valence-electron chi connectivity index (χ1n) is 6.06. The predicted octanol–water partition coefficient (Wildman–Crippen LogP) is 4.81. The molecule has 0 aliphatic rings. The number of H-pyrrole nitrogens is 2. The lowest BCUT2D eigenvalue weighted by molar-refractivity contribution is 0.628. The van der Waals surface area contributed by atoms with E-state index in [2.05, 4.69) is 9.97 Å². The zero-order chi connectivity index (χ0) is 13.9. The zero-order valence-corrected chi connectivity index (χ0v) is 10.9. The summed E-state index contributed by atoms with van der Waals surface area (Å²) in [5.74, 6) is -0.701. The molecule has 0 atom stereocenters. The minimum absolute atomic E-state index is 0.350. The Morgan fingerprint density at radius 1 is 0.700 bits per heavy atom. The van der Waals surface area contributed by atoms with Crippen molar-refractivity contribution in [2.24, 2.45) is 0 Å². The standard InChI is InChI=1S/C15H8F2N2S/c16-7-1-3-9-11(5-7)12-6-8(17)2-4-10(12)14-13(9)18-15(20)19-14/h1-6H,(H2,18,19,20). The Morgan fingerprint density at radius 2 is 1.15 bits per heavy atom. The number of benzene rings is 3. The van der Waals surface area contributed by atoms with E-state index in [1.54, 1.807) is 12.1 Å². The van der Waals surface area contributed by atoms with Crippen LogP contribution in [0.3, 0.4) is 0 Å². The van der Waals surface area contributed by atoms with Gasteiger partial charge >= 0.3 is 0 Å². The van der Waals surface area contributed by atoms with Crippen LogP contribution in [0.25, 0.3) is 32.6 Å². The minimum atomic E-state index is -0.350. The molecule has 0 amide bonds. The average Bonchev–Trinajstić information content (AvgIpc) is 2.80. The lowest BCUT2D eigenvalue weighted by Crippen LogP contribution is -1.85. The van der Waals surface area contributed by atoms with E-state index in [9.17, 15) is 8.78 Å². The van der Waals surface area contributed by atoms with Gasteiger partial charge in [-0.05, 0) is 59.4 Å². The highest BCUT2D eigenvalue weighted by Crippen LogP contribution is 2.34. The molecule has 1 aromatic heterocycles. The van der Waals surface area contributed by atoms with Crippen molar-refractivity contribution in [2.45, 2.75) is 0 Å². The van der Waals surface area contributed by atoms with Gasteiger partial charge in [-0.25, -0.2) is 8.78 Å². The first-order valence-corrected chi connectivity index (χ1v) is 6.47. The third kappa shape index (κ3) is 1.50. The Balaban J connectivity index is 2.43. The van der Waals surface area contributed by atoms with Crippen LogP contribution in [0.1, 0.15) is 0 Å². The Labute approximate surface area is 117 Å². The van der Waals surface area contributed by atoms with Gasteiger partial charge in [-0.15, -0.1) is 0 Å². The number of imidazole rings is 1. The molecular weight excluding hydrogens is 278 g/mol. The van der Waals surface area contributed by atoms with Crippen LogP contribution in [-0.4, -0.2) is 9.97 Å². The van der Waals surface area contributed by atoms with Gasteiger partial charge in [0.2, 0.25) is 0 Å². The molecule has 2 nitrogen and oxygen atoms in total. The zero-order valence-electron chi connectivity index (χ0n) is 10.1. The summed E-state index contributed by atoms with van der Waals surface area (Å²) in [5, 5.41) is 2.95. The molecule has 0 spiro atoms. The molecule has 4 rings (SSSR count). The molecule has 0 aliphatic heterocycles. The number of aromatic nitrogens is 2. The number of hydrogen-bond donors (Lipinski definition) is 2. The molecule has 1 heterocycles. The molecule has 0 aliphatic carbocycles. The summed E-state index contributed by atoms with van der Waals surface area (Å²) in [7, 11) is 0. The lowest BCUT2D eigenvalue weighted by Gasteiger charge is -2.06. The van der Waals surface area contributed by atoms with Crippen molar-refractivity contribution in [1.29, 1.82) is 0 Å². The molecule has 0 saturated heterocycles. The summed E-state index contributed by atoms with van der Waals surface area (Å²) in [4.78, 5) is 6.14. The van der Waals surface area contributed by atoms with Crippen molar-refractivity contribution >= 4 is 44.8 Å². The maximum atomic E-state index is 13.5. The van der Waals surface area contributed by atoms with Crippen LogP contribution in [-0.2, 0) is 0 Å². The maximum Gasteiger partial charge on any atom is 0.175 e. The van der Waals surface area contributed by atoms with E-state index in [0.29, 0.717) is 15.5 Å². The first kappa shape index (κ1) is 11.5. The largest absolute Gasteiger partial charge is 0.330 e. The summed E-state index contributed by atoms with van der Waals surface area (Å²) >= 11 is 5.13. The number of aromatic amines is 2. The van der Waals surface area contributed by atoms with Crippen molar-refractivity contribution < 1.29 is 8.78 Å². The monoisotopic (exact) mass is 286 g/mol. The fraction of sp³-hybridized carbons (Fsp3) is 0. The minimum Gasteiger partial charge on any atom is -0.330 e. The molecule has 0 fully saturated rings. The Bertz CT molecular complexity index is 965. The Morgan fingerprint density at radius 3 is 1.60 bits per heavy atom. The van der Waals surface area contributed by atoms with Crippen LogP contribution in [0.2, 0.25) is 0 Å². The second-order valence-corrected chi connectivity index (χ2v) is 5.12. The number of rotatable bonds is 0. The molecule has 0 radical (unpaired) electrons. The molecule has 0 unspecified atom stereocenters. The van der Waals surface area contributed by atoms with E-state index in [1.165, 1.54) is 24.3 Å². The summed E-state index contributed by atoms with van der Waals surface area (Å²) < 4.78 is 27.6. The van der Waals surface area contributed by atoms with Gasteiger partial charge in [0.25, 0.3) is 0 Å². The third-order valence-corrected chi connectivity index (χ3v) is 3.72. The van der Waals surface area contributed by atoms with Crippen molar-refractivity contribution in [3.63, 3.8) is 0 Å². The number of fused-ring (bicyclic) bond motifs is 6. The fourth-order valence-corrected chi connectivity index (χ4v) is 2.91. The van der Waals surface area contributed by atoms with E-state index in [-0.39, 0.29) is 11.6 Å². The fourth-order valence-electron chi connectivity index (χ4n) is 2.70. The van der Waals surface area contributed by atoms with Crippen LogP contribution < -0.4 is 0 Å². The molecular formula is C15H8F2N2S. The number of halogens is 2. The van der Waals surface area contributed by atoms with E-state index < -0.39 is 0 Å². The van der Waals surface area contributed by atoms with Gasteiger partial charge in [-0.1, -0.05) is 0 Å². The molecule has 20 heavy (non-hydrogen) atoms. The highest BCUT2D eigenvalue weighted by atomic mass is 32.1. The van der Waals surface area contributed by atoms with Crippen LogP contribution in [0.4, 0.5) is 8.78 Å². The van der Waals surface area contributed by atoms with Gasteiger partial charge in [0.05, 0.1) is 11.0 Å². The second-order valence-electron chi connectivity index (χ2n) is 4.71. The molecule has 0 saturated carbocycles. The van der Waals surface area contributed by atoms with Crippen LogP contribution in [0, 0.1) is 16.4 Å². The molecule has 0 bridgehead atoms. The van der Waals surface area contributed by atoms with Gasteiger partial charge in [-0.2, -0.15) is 0 Å². The van der Waals surface area contributed by atoms with Crippen LogP contribution in [0.15, 0.2) is 36.4 Å². The van der Waals surface area contributed by atoms with Gasteiger partial charge in [0.15, 0.2) is 4.77 Å². The molecule has 3 aromatic carbocycles. The number of nitrogens with one attached hydrogen (secondary N) is 2. The highest BCUT2D eigenvalue weighted by molar-refractivity contribution is 7.71. The van der Waals surface area contributed by atoms with Crippen LogP contribution >= 0.6 is 12.2 Å². The molecule has 2 N–H and O–H groups in total.